The lowest BCUT2D eigenvalue weighted by atomic mass is 10.00. The van der Waals surface area contributed by atoms with Crippen molar-refractivity contribution >= 4 is 34.4 Å². The van der Waals surface area contributed by atoms with Gasteiger partial charge < -0.3 is 5.01 Å². The number of hydrogen-bond acceptors (Lipinski definition) is 3. The molecule has 0 aliphatic carbocycles. The van der Waals surface area contributed by atoms with Crippen LogP contribution in [0.15, 0.2) is 12.3 Å². The van der Waals surface area contributed by atoms with Crippen molar-refractivity contribution in [3.05, 3.63) is 23.1 Å². The lowest BCUT2D eigenvalue weighted by Crippen LogP contribution is -2.51. The first-order chi connectivity index (χ1) is 9.61. The van der Waals surface area contributed by atoms with Gasteiger partial charge in [-0.2, -0.15) is 0 Å². The molecule has 0 aromatic carbocycles. The molecule has 3 rings (SSSR count). The Hall–Kier alpha value is -1.00. The Morgan fingerprint density at radius 1 is 1.30 bits per heavy atom. The number of rotatable bonds is 2. The zero-order chi connectivity index (χ0) is 14.3. The van der Waals surface area contributed by atoms with Crippen LogP contribution in [0.2, 0.25) is 5.02 Å². The summed E-state index contributed by atoms with van der Waals surface area (Å²) < 4.78 is 2.09. The molecule has 1 aliphatic rings. The highest BCUT2D eigenvalue weighted by Gasteiger charge is 2.28. The molecule has 0 saturated carbocycles. The number of hydrogen-bond donors (Lipinski definition) is 0. The molecule has 108 valence electrons. The molecule has 0 N–H and O–H groups in total. The zero-order valence-electron chi connectivity index (χ0n) is 11.7. The molecule has 0 spiro atoms. The van der Waals surface area contributed by atoms with Crippen LogP contribution in [0.5, 0.6) is 0 Å². The summed E-state index contributed by atoms with van der Waals surface area (Å²) in [5.41, 5.74) is 1.64. The first kappa shape index (κ1) is 14.0. The van der Waals surface area contributed by atoms with Gasteiger partial charge >= 0.3 is 0 Å². The van der Waals surface area contributed by atoms with E-state index in [1.807, 2.05) is 6.07 Å². The van der Waals surface area contributed by atoms with Crippen LogP contribution in [-0.2, 0) is 5.88 Å². The van der Waals surface area contributed by atoms with Gasteiger partial charge in [-0.25, -0.2) is 14.6 Å². The highest BCUT2D eigenvalue weighted by molar-refractivity contribution is 6.31. The highest BCUT2D eigenvalue weighted by atomic mass is 35.5. The van der Waals surface area contributed by atoms with E-state index >= 15 is 0 Å². The molecule has 1 aliphatic heterocycles. The van der Waals surface area contributed by atoms with Crippen LogP contribution >= 0.6 is 23.2 Å². The van der Waals surface area contributed by atoms with E-state index in [1.165, 1.54) is 19.3 Å². The van der Waals surface area contributed by atoms with Gasteiger partial charge in [0.2, 0.25) is 0 Å². The van der Waals surface area contributed by atoms with Gasteiger partial charge in [-0.1, -0.05) is 11.6 Å². The van der Waals surface area contributed by atoms with E-state index in [0.29, 0.717) is 23.0 Å². The van der Waals surface area contributed by atoms with Crippen molar-refractivity contribution in [3.63, 3.8) is 0 Å². The third kappa shape index (κ3) is 2.25. The maximum atomic E-state index is 6.09. The summed E-state index contributed by atoms with van der Waals surface area (Å²) in [5.74, 6) is 1.20. The Morgan fingerprint density at radius 2 is 2.00 bits per heavy atom. The second-order valence-corrected chi connectivity index (χ2v) is 6.18. The normalized spacial score (nSPS) is 23.5. The summed E-state index contributed by atoms with van der Waals surface area (Å²) in [6.45, 7) is 4.49. The quantitative estimate of drug-likeness (QED) is 0.792. The lowest BCUT2D eigenvalue weighted by molar-refractivity contribution is 0.336. The van der Waals surface area contributed by atoms with Gasteiger partial charge in [-0.05, 0) is 39.2 Å². The molecule has 2 atom stereocenters. The summed E-state index contributed by atoms with van der Waals surface area (Å²) in [6, 6.07) is 2.75. The van der Waals surface area contributed by atoms with E-state index in [1.54, 1.807) is 6.20 Å². The van der Waals surface area contributed by atoms with Crippen LogP contribution in [0.1, 0.15) is 38.9 Å². The molecule has 2 unspecified atom stereocenters. The number of alkyl halides is 1. The van der Waals surface area contributed by atoms with Crippen LogP contribution in [0.4, 0.5) is 0 Å². The van der Waals surface area contributed by atoms with E-state index in [-0.39, 0.29) is 0 Å². The number of piperidine rings is 1. The molecule has 20 heavy (non-hydrogen) atoms. The highest BCUT2D eigenvalue weighted by Crippen LogP contribution is 2.26. The van der Waals surface area contributed by atoms with Crippen LogP contribution in [0.3, 0.4) is 0 Å². The average Bonchev–Trinajstić information content (AvgIpc) is 2.76. The van der Waals surface area contributed by atoms with E-state index in [4.69, 9.17) is 23.2 Å². The predicted molar refractivity (Wildman–Crippen MR) is 83.1 cm³/mol. The standard InChI is InChI=1S/C14H18Cl2N4/c1-9-4-3-5-10(2)19(9)20-13(7-15)18-12-6-11(16)8-17-14(12)20/h6,8-10H,3-5,7H2,1-2H3. The summed E-state index contributed by atoms with van der Waals surface area (Å²) in [7, 11) is 0. The van der Waals surface area contributed by atoms with Gasteiger partial charge in [-0.3, -0.25) is 0 Å². The molecule has 6 heteroatoms. The molecule has 3 heterocycles. The number of fused-ring (bicyclic) bond motifs is 1. The predicted octanol–water partition coefficient (Wildman–Crippen LogP) is 3.72. The van der Waals surface area contributed by atoms with Crippen molar-refractivity contribution in [1.29, 1.82) is 0 Å². The molecule has 4 nitrogen and oxygen atoms in total. The molecular formula is C14H18Cl2N4. The zero-order valence-corrected chi connectivity index (χ0v) is 13.2. The van der Waals surface area contributed by atoms with Crippen molar-refractivity contribution in [2.45, 2.75) is 51.1 Å². The van der Waals surface area contributed by atoms with Gasteiger partial charge in [0, 0.05) is 18.3 Å². The minimum atomic E-state index is 0.365. The smallest absolute Gasteiger partial charge is 0.179 e. The lowest BCUT2D eigenvalue weighted by Gasteiger charge is -2.41. The number of halogens is 2. The van der Waals surface area contributed by atoms with Crippen molar-refractivity contribution in [3.8, 4) is 0 Å². The van der Waals surface area contributed by atoms with Gasteiger partial charge in [0.15, 0.2) is 5.65 Å². The van der Waals surface area contributed by atoms with E-state index in [2.05, 4.69) is 33.5 Å². The maximum Gasteiger partial charge on any atom is 0.179 e. The Labute approximate surface area is 128 Å². The van der Waals surface area contributed by atoms with Crippen molar-refractivity contribution in [1.82, 2.24) is 14.6 Å². The van der Waals surface area contributed by atoms with E-state index in [9.17, 15) is 0 Å². The number of nitrogens with zero attached hydrogens (tertiary/aromatic N) is 4. The molecule has 0 amide bonds. The van der Waals surface area contributed by atoms with Crippen LogP contribution in [0.25, 0.3) is 11.2 Å². The van der Waals surface area contributed by atoms with Crippen molar-refractivity contribution in [2.75, 3.05) is 5.01 Å². The summed E-state index contributed by atoms with van der Waals surface area (Å²) in [4.78, 5) is 9.04. The van der Waals surface area contributed by atoms with Gasteiger partial charge in [-0.15, -0.1) is 11.6 Å². The SMILES string of the molecule is CC1CCCC(C)N1n1c(CCl)nc2cc(Cl)cnc21. The fraction of sp³-hybridized carbons (Fsp3) is 0.571. The Bertz CT molecular complexity index is 615. The first-order valence-electron chi connectivity index (χ1n) is 6.99. The van der Waals surface area contributed by atoms with Gasteiger partial charge in [0.25, 0.3) is 0 Å². The van der Waals surface area contributed by atoms with Gasteiger partial charge in [0.1, 0.15) is 11.3 Å². The molecular weight excluding hydrogens is 295 g/mol. The fourth-order valence-electron chi connectivity index (χ4n) is 3.11. The Balaban J connectivity index is 2.18. The third-order valence-corrected chi connectivity index (χ3v) is 4.45. The Kier molecular flexibility index (Phi) is 3.78. The molecule has 1 saturated heterocycles. The van der Waals surface area contributed by atoms with Crippen molar-refractivity contribution < 1.29 is 0 Å². The van der Waals surface area contributed by atoms with Crippen LogP contribution < -0.4 is 5.01 Å². The van der Waals surface area contributed by atoms with Gasteiger partial charge in [0.05, 0.1) is 10.9 Å². The molecule has 0 radical (unpaired) electrons. The minimum absolute atomic E-state index is 0.365. The number of pyridine rings is 1. The monoisotopic (exact) mass is 312 g/mol. The Morgan fingerprint density at radius 3 is 2.65 bits per heavy atom. The summed E-state index contributed by atoms with van der Waals surface area (Å²) >= 11 is 12.1. The van der Waals surface area contributed by atoms with E-state index < -0.39 is 0 Å². The molecule has 0 bridgehead atoms. The number of aromatic nitrogens is 3. The topological polar surface area (TPSA) is 34.0 Å². The maximum absolute atomic E-state index is 6.09. The second-order valence-electron chi connectivity index (χ2n) is 5.48. The summed E-state index contributed by atoms with van der Waals surface area (Å²) in [5, 5.41) is 2.96. The summed E-state index contributed by atoms with van der Waals surface area (Å²) in [6.07, 6.45) is 5.29. The number of imidazole rings is 1. The molecule has 2 aromatic rings. The van der Waals surface area contributed by atoms with E-state index in [0.717, 1.165) is 17.0 Å². The molecule has 1 fully saturated rings. The van der Waals surface area contributed by atoms with Crippen LogP contribution in [-0.4, -0.2) is 26.7 Å². The van der Waals surface area contributed by atoms with Crippen molar-refractivity contribution in [2.24, 2.45) is 0 Å². The third-order valence-electron chi connectivity index (χ3n) is 4.01. The fourth-order valence-corrected chi connectivity index (χ4v) is 3.43. The van der Waals surface area contributed by atoms with Crippen LogP contribution in [0, 0.1) is 0 Å². The first-order valence-corrected chi connectivity index (χ1v) is 7.90. The second kappa shape index (κ2) is 5.41. The minimum Gasteiger partial charge on any atom is -0.304 e. The molecule has 2 aromatic heterocycles. The average molecular weight is 313 g/mol. The largest absolute Gasteiger partial charge is 0.304 e.